The molecule has 2 N–H and O–H groups in total. The van der Waals surface area contributed by atoms with E-state index in [4.69, 9.17) is 9.47 Å². The van der Waals surface area contributed by atoms with Gasteiger partial charge in [0.1, 0.15) is 24.9 Å². The average Bonchev–Trinajstić information content (AvgIpc) is 3.09. The lowest BCUT2D eigenvalue weighted by Crippen LogP contribution is -2.82. The Morgan fingerprint density at radius 3 is 2.69 bits per heavy atom. The molecule has 1 fully saturated rings. The van der Waals surface area contributed by atoms with Gasteiger partial charge in [-0.25, -0.2) is 0 Å². The summed E-state index contributed by atoms with van der Waals surface area (Å²) in [5.74, 6) is -0.0919. The van der Waals surface area contributed by atoms with E-state index in [1.807, 2.05) is 19.0 Å². The minimum Gasteiger partial charge on any atom is -0.483 e. The number of nitro groups is 1. The topological polar surface area (TPSA) is 94.3 Å². The van der Waals surface area contributed by atoms with E-state index in [9.17, 15) is 10.1 Å². The van der Waals surface area contributed by atoms with Crippen molar-refractivity contribution in [2.75, 3.05) is 32.1 Å². The van der Waals surface area contributed by atoms with Gasteiger partial charge in [0.05, 0.1) is 0 Å². The van der Waals surface area contributed by atoms with Crippen molar-refractivity contribution in [3.63, 3.8) is 0 Å². The molecule has 26 heavy (non-hydrogen) atoms. The van der Waals surface area contributed by atoms with Gasteiger partial charge in [-0.3, -0.25) is 0 Å². The van der Waals surface area contributed by atoms with Crippen LogP contribution in [0.5, 0.6) is 5.75 Å². The van der Waals surface area contributed by atoms with Gasteiger partial charge in [-0.05, 0) is 46.3 Å². The first kappa shape index (κ1) is 18.1. The molecule has 2 aromatic rings. The standard InChI is InChI=1S/C18H22N4O4/c1-12-4-9-16(17(20-12)22(23)24)25-11-15-10-19-18(26-15)13-5-7-14(8-6-13)21(2)3/h4-9,15,18-19H,10-11H2,1-3H3/p+1/t15-,18-/m0/s1. The van der Waals surface area contributed by atoms with Crippen LogP contribution in [-0.2, 0) is 4.74 Å². The SMILES string of the molecule is Cc1ccc(OC[C@@H]2C[NH2+][C@H](c3ccc(N(C)C)cc3)O2)c([N+](=O)[O-])n1. The molecule has 0 amide bonds. The smallest absolute Gasteiger partial charge is 0.406 e. The highest BCUT2D eigenvalue weighted by molar-refractivity contribution is 5.46. The van der Waals surface area contributed by atoms with Gasteiger partial charge < -0.3 is 29.8 Å². The first-order chi connectivity index (χ1) is 12.4. The van der Waals surface area contributed by atoms with Crippen LogP contribution in [0.1, 0.15) is 17.5 Å². The van der Waals surface area contributed by atoms with Crippen LogP contribution in [0.15, 0.2) is 36.4 Å². The average molecular weight is 359 g/mol. The zero-order valence-corrected chi connectivity index (χ0v) is 15.1. The number of quaternary nitrogens is 1. The first-order valence-electron chi connectivity index (χ1n) is 8.45. The molecule has 0 aliphatic carbocycles. The molecule has 8 nitrogen and oxygen atoms in total. The molecule has 1 aromatic carbocycles. The summed E-state index contributed by atoms with van der Waals surface area (Å²) in [4.78, 5) is 16.5. The predicted octanol–water partition coefficient (Wildman–Crippen LogP) is 1.40. The van der Waals surface area contributed by atoms with Crippen LogP contribution in [0.25, 0.3) is 0 Å². The third-order valence-corrected chi connectivity index (χ3v) is 4.27. The highest BCUT2D eigenvalue weighted by atomic mass is 16.6. The second-order valence-electron chi connectivity index (χ2n) is 6.48. The molecule has 8 heteroatoms. The lowest BCUT2D eigenvalue weighted by Gasteiger charge is -2.14. The number of aryl methyl sites for hydroxylation is 1. The third kappa shape index (κ3) is 4.09. The second-order valence-corrected chi connectivity index (χ2v) is 6.48. The number of nitrogens with zero attached hydrogens (tertiary/aromatic N) is 3. The van der Waals surface area contributed by atoms with Crippen LogP contribution in [0.4, 0.5) is 11.5 Å². The Bertz CT molecular complexity index is 779. The maximum absolute atomic E-state index is 11.1. The fourth-order valence-electron chi connectivity index (χ4n) is 2.83. The largest absolute Gasteiger partial charge is 0.483 e. The van der Waals surface area contributed by atoms with E-state index in [1.165, 1.54) is 0 Å². The minimum absolute atomic E-state index is 0.0917. The van der Waals surface area contributed by atoms with Gasteiger partial charge in [0.2, 0.25) is 12.0 Å². The molecule has 138 valence electrons. The summed E-state index contributed by atoms with van der Waals surface area (Å²) in [6.45, 7) is 2.68. The molecule has 1 aliphatic rings. The van der Waals surface area contributed by atoms with Crippen LogP contribution in [0.2, 0.25) is 0 Å². The molecule has 1 aliphatic heterocycles. The molecule has 0 radical (unpaired) electrons. The minimum atomic E-state index is -0.529. The molecule has 2 atom stereocenters. The molecule has 1 aromatic heterocycles. The number of hydrogen-bond acceptors (Lipinski definition) is 6. The zero-order valence-electron chi connectivity index (χ0n) is 15.1. The molecule has 3 rings (SSSR count). The van der Waals surface area contributed by atoms with Crippen LogP contribution >= 0.6 is 0 Å². The fraction of sp³-hybridized carbons (Fsp3) is 0.389. The van der Waals surface area contributed by atoms with Crippen molar-refractivity contribution in [2.24, 2.45) is 0 Å². The number of hydrogen-bond donors (Lipinski definition) is 1. The van der Waals surface area contributed by atoms with Crippen LogP contribution in [-0.4, -0.2) is 43.3 Å². The van der Waals surface area contributed by atoms with Crippen LogP contribution < -0.4 is 15.0 Å². The third-order valence-electron chi connectivity index (χ3n) is 4.27. The van der Waals surface area contributed by atoms with Crippen molar-refractivity contribution in [3.8, 4) is 5.75 Å². The van der Waals surface area contributed by atoms with Crippen molar-refractivity contribution in [1.82, 2.24) is 4.98 Å². The van der Waals surface area contributed by atoms with Gasteiger partial charge in [-0.1, -0.05) is 0 Å². The Kier molecular flexibility index (Phi) is 5.34. The normalized spacial score (nSPS) is 19.3. The molecular formula is C18H23N4O4+. The molecule has 0 unspecified atom stereocenters. The van der Waals surface area contributed by atoms with E-state index in [0.29, 0.717) is 5.69 Å². The molecule has 0 spiro atoms. The molecule has 2 heterocycles. The predicted molar refractivity (Wildman–Crippen MR) is 96.3 cm³/mol. The van der Waals surface area contributed by atoms with E-state index in [0.717, 1.165) is 17.8 Å². The number of pyridine rings is 1. The number of benzene rings is 1. The van der Waals surface area contributed by atoms with Gasteiger partial charge in [0.15, 0.2) is 0 Å². The van der Waals surface area contributed by atoms with Crippen molar-refractivity contribution in [3.05, 3.63) is 57.8 Å². The van der Waals surface area contributed by atoms with Gasteiger partial charge in [0.25, 0.3) is 0 Å². The van der Waals surface area contributed by atoms with Crippen LogP contribution in [0, 0.1) is 17.0 Å². The van der Waals surface area contributed by atoms with Gasteiger partial charge in [-0.2, -0.15) is 0 Å². The monoisotopic (exact) mass is 359 g/mol. The number of aromatic nitrogens is 1. The van der Waals surface area contributed by atoms with E-state index in [2.05, 4.69) is 34.6 Å². The zero-order chi connectivity index (χ0) is 18.7. The van der Waals surface area contributed by atoms with Gasteiger partial charge in [-0.15, -0.1) is 0 Å². The summed E-state index contributed by atoms with van der Waals surface area (Å²) >= 11 is 0. The number of rotatable bonds is 6. The number of anilines is 1. The highest BCUT2D eigenvalue weighted by Gasteiger charge is 2.31. The van der Waals surface area contributed by atoms with E-state index >= 15 is 0 Å². The summed E-state index contributed by atoms with van der Waals surface area (Å²) in [6, 6.07) is 11.5. The molecule has 0 saturated carbocycles. The summed E-state index contributed by atoms with van der Waals surface area (Å²) < 4.78 is 11.6. The summed E-state index contributed by atoms with van der Waals surface area (Å²) in [7, 11) is 4.00. The van der Waals surface area contributed by atoms with E-state index in [-0.39, 0.29) is 30.5 Å². The molecule has 1 saturated heterocycles. The lowest BCUT2D eigenvalue weighted by molar-refractivity contribution is -0.697. The molecule has 0 bridgehead atoms. The first-order valence-corrected chi connectivity index (χ1v) is 8.45. The Morgan fingerprint density at radius 2 is 2.04 bits per heavy atom. The van der Waals surface area contributed by atoms with Gasteiger partial charge in [0, 0.05) is 32.3 Å². The fourth-order valence-corrected chi connectivity index (χ4v) is 2.83. The quantitative estimate of drug-likeness (QED) is 0.619. The van der Waals surface area contributed by atoms with Gasteiger partial charge >= 0.3 is 5.82 Å². The highest BCUT2D eigenvalue weighted by Crippen LogP contribution is 2.25. The van der Waals surface area contributed by atoms with E-state index < -0.39 is 4.92 Å². The maximum Gasteiger partial charge on any atom is 0.406 e. The summed E-state index contributed by atoms with van der Waals surface area (Å²) in [6.07, 6.45) is -0.236. The van der Waals surface area contributed by atoms with Crippen molar-refractivity contribution in [2.45, 2.75) is 19.3 Å². The van der Waals surface area contributed by atoms with Crippen molar-refractivity contribution < 1.29 is 19.7 Å². The Morgan fingerprint density at radius 1 is 1.31 bits per heavy atom. The Labute approximate surface area is 151 Å². The van der Waals surface area contributed by atoms with E-state index in [1.54, 1.807) is 19.1 Å². The maximum atomic E-state index is 11.1. The number of ether oxygens (including phenoxy) is 2. The number of nitrogens with two attached hydrogens (primary N) is 1. The second kappa shape index (κ2) is 7.67. The lowest BCUT2D eigenvalue weighted by atomic mass is 10.2. The summed E-state index contributed by atoms with van der Waals surface area (Å²) in [5, 5.41) is 13.2. The van der Waals surface area contributed by atoms with Crippen molar-refractivity contribution in [1.29, 1.82) is 0 Å². The molecular weight excluding hydrogens is 336 g/mol. The van der Waals surface area contributed by atoms with Crippen molar-refractivity contribution >= 4 is 11.5 Å². The Balaban J connectivity index is 1.59. The summed E-state index contributed by atoms with van der Waals surface area (Å²) in [5.41, 5.74) is 2.79. The van der Waals surface area contributed by atoms with Crippen LogP contribution in [0.3, 0.4) is 0 Å². The Hall–Kier alpha value is -2.71.